The van der Waals surface area contributed by atoms with E-state index in [1.54, 1.807) is 0 Å². The summed E-state index contributed by atoms with van der Waals surface area (Å²) in [7, 11) is 0. The predicted octanol–water partition coefficient (Wildman–Crippen LogP) is 11.4. The smallest absolute Gasteiger partial charge is 0.0560 e. The lowest BCUT2D eigenvalue weighted by atomic mass is 10.0. The third-order valence-electron chi connectivity index (χ3n) is 8.00. The molecule has 0 fully saturated rings. The SMILES string of the molecule is CC1=CCC(N(c2ccc(C)cc2)c2ccc(C=Cc3ccc(N(c4ccccc4)c4ccc(C)cc4)cc3)cc2)C=C1. The lowest BCUT2D eigenvalue weighted by molar-refractivity contribution is 0.779. The fraction of sp³-hybridized carbons (Fsp3) is 0.122. The maximum Gasteiger partial charge on any atom is 0.0560 e. The summed E-state index contributed by atoms with van der Waals surface area (Å²) in [6, 6.07) is 46.0. The average Bonchev–Trinajstić information content (AvgIpc) is 3.05. The van der Waals surface area contributed by atoms with Gasteiger partial charge in [0.2, 0.25) is 0 Å². The Kier molecular flexibility index (Phi) is 8.38. The summed E-state index contributed by atoms with van der Waals surface area (Å²) in [6.07, 6.45) is 12.3. The van der Waals surface area contributed by atoms with Crippen LogP contribution in [-0.2, 0) is 0 Å². The van der Waals surface area contributed by atoms with Crippen molar-refractivity contribution in [1.29, 1.82) is 0 Å². The predicted molar refractivity (Wildman–Crippen MR) is 186 cm³/mol. The fourth-order valence-corrected chi connectivity index (χ4v) is 5.54. The van der Waals surface area contributed by atoms with Crippen LogP contribution in [0.4, 0.5) is 28.4 Å². The Hall–Kier alpha value is -5.08. The maximum absolute atomic E-state index is 2.44. The highest BCUT2D eigenvalue weighted by atomic mass is 15.2. The molecule has 2 nitrogen and oxygen atoms in total. The molecule has 1 unspecified atom stereocenters. The molecule has 0 spiro atoms. The Morgan fingerprint density at radius 3 is 1.44 bits per heavy atom. The van der Waals surface area contributed by atoms with Gasteiger partial charge in [-0.2, -0.15) is 0 Å². The first kappa shape index (κ1) is 28.1. The summed E-state index contributed by atoms with van der Waals surface area (Å²) in [6.45, 7) is 6.43. The van der Waals surface area contributed by atoms with Gasteiger partial charge in [-0.25, -0.2) is 0 Å². The van der Waals surface area contributed by atoms with Crippen LogP contribution in [0, 0.1) is 13.8 Å². The number of allylic oxidation sites excluding steroid dienone is 2. The average molecular weight is 559 g/mol. The Bertz CT molecular complexity index is 1730. The quantitative estimate of drug-likeness (QED) is 0.175. The zero-order valence-corrected chi connectivity index (χ0v) is 25.2. The molecule has 0 heterocycles. The van der Waals surface area contributed by atoms with E-state index in [4.69, 9.17) is 0 Å². The van der Waals surface area contributed by atoms with Gasteiger partial charge in [-0.15, -0.1) is 0 Å². The summed E-state index contributed by atoms with van der Waals surface area (Å²) in [4.78, 5) is 4.74. The van der Waals surface area contributed by atoms with Crippen LogP contribution in [0.25, 0.3) is 12.2 Å². The maximum atomic E-state index is 2.44. The van der Waals surface area contributed by atoms with Crippen LogP contribution < -0.4 is 9.80 Å². The lowest BCUT2D eigenvalue weighted by Crippen LogP contribution is -2.30. The van der Waals surface area contributed by atoms with Crippen molar-refractivity contribution in [3.05, 3.63) is 173 Å². The molecule has 1 aliphatic carbocycles. The number of nitrogens with zero attached hydrogens (tertiary/aromatic N) is 2. The van der Waals surface area contributed by atoms with Gasteiger partial charge in [-0.3, -0.25) is 0 Å². The van der Waals surface area contributed by atoms with E-state index in [1.807, 2.05) is 0 Å². The van der Waals surface area contributed by atoms with E-state index in [-0.39, 0.29) is 0 Å². The molecule has 0 saturated heterocycles. The van der Waals surface area contributed by atoms with Crippen LogP contribution in [0.5, 0.6) is 0 Å². The van der Waals surface area contributed by atoms with Gasteiger partial charge in [-0.05, 0) is 99.0 Å². The van der Waals surface area contributed by atoms with Crippen molar-refractivity contribution >= 4 is 40.6 Å². The molecule has 43 heavy (non-hydrogen) atoms. The topological polar surface area (TPSA) is 6.48 Å². The van der Waals surface area contributed by atoms with Gasteiger partial charge in [0.25, 0.3) is 0 Å². The number of rotatable bonds is 8. The van der Waals surface area contributed by atoms with E-state index in [2.05, 4.69) is 188 Å². The molecule has 1 aliphatic rings. The van der Waals surface area contributed by atoms with E-state index < -0.39 is 0 Å². The molecule has 0 aromatic heterocycles. The van der Waals surface area contributed by atoms with E-state index in [1.165, 1.54) is 39.2 Å². The van der Waals surface area contributed by atoms with Crippen molar-refractivity contribution in [1.82, 2.24) is 0 Å². The minimum absolute atomic E-state index is 0.293. The van der Waals surface area contributed by atoms with Gasteiger partial charge < -0.3 is 9.80 Å². The second-order valence-electron chi connectivity index (χ2n) is 11.3. The lowest BCUT2D eigenvalue weighted by Gasteiger charge is -2.33. The second-order valence-corrected chi connectivity index (χ2v) is 11.3. The van der Waals surface area contributed by atoms with Crippen molar-refractivity contribution < 1.29 is 0 Å². The van der Waals surface area contributed by atoms with Crippen LogP contribution in [0.15, 0.2) is 151 Å². The van der Waals surface area contributed by atoms with Crippen LogP contribution >= 0.6 is 0 Å². The molecule has 0 bridgehead atoms. The van der Waals surface area contributed by atoms with Gasteiger partial charge in [-0.1, -0.05) is 114 Å². The minimum Gasteiger partial charge on any atom is -0.334 e. The molecule has 1 atom stereocenters. The largest absolute Gasteiger partial charge is 0.334 e. The number of para-hydroxylation sites is 1. The molecule has 212 valence electrons. The molecular weight excluding hydrogens is 520 g/mol. The first-order valence-electron chi connectivity index (χ1n) is 15.0. The number of aryl methyl sites for hydroxylation is 2. The Morgan fingerprint density at radius 2 is 0.953 bits per heavy atom. The third-order valence-corrected chi connectivity index (χ3v) is 8.00. The Morgan fingerprint density at radius 1 is 0.512 bits per heavy atom. The first-order chi connectivity index (χ1) is 21.0. The summed E-state index contributed by atoms with van der Waals surface area (Å²) in [5.74, 6) is 0. The molecule has 5 aromatic carbocycles. The van der Waals surface area contributed by atoms with Crippen molar-refractivity contribution in [3.8, 4) is 0 Å². The van der Waals surface area contributed by atoms with E-state index in [0.29, 0.717) is 6.04 Å². The van der Waals surface area contributed by atoms with Crippen molar-refractivity contribution in [2.24, 2.45) is 0 Å². The highest BCUT2D eigenvalue weighted by molar-refractivity contribution is 5.78. The molecule has 2 heteroatoms. The highest BCUT2D eigenvalue weighted by Gasteiger charge is 2.19. The number of benzene rings is 5. The summed E-state index contributed by atoms with van der Waals surface area (Å²) < 4.78 is 0. The van der Waals surface area contributed by atoms with Crippen LogP contribution in [0.1, 0.15) is 35.6 Å². The normalized spacial score (nSPS) is 14.5. The van der Waals surface area contributed by atoms with E-state index in [9.17, 15) is 0 Å². The van der Waals surface area contributed by atoms with Gasteiger partial charge in [0.1, 0.15) is 0 Å². The first-order valence-corrected chi connectivity index (χ1v) is 15.0. The summed E-state index contributed by atoms with van der Waals surface area (Å²) in [5.41, 5.74) is 12.0. The van der Waals surface area contributed by atoms with Crippen molar-refractivity contribution in [2.45, 2.75) is 33.2 Å². The zero-order valence-electron chi connectivity index (χ0n) is 25.2. The number of hydrogen-bond donors (Lipinski definition) is 0. The van der Waals surface area contributed by atoms with Crippen LogP contribution in [0.3, 0.4) is 0 Å². The molecule has 6 rings (SSSR count). The van der Waals surface area contributed by atoms with E-state index in [0.717, 1.165) is 23.5 Å². The van der Waals surface area contributed by atoms with E-state index >= 15 is 0 Å². The van der Waals surface area contributed by atoms with Gasteiger partial charge in [0, 0.05) is 28.4 Å². The highest BCUT2D eigenvalue weighted by Crippen LogP contribution is 2.35. The summed E-state index contributed by atoms with van der Waals surface area (Å²) in [5, 5.41) is 0. The molecule has 0 aliphatic heterocycles. The fourth-order valence-electron chi connectivity index (χ4n) is 5.54. The minimum atomic E-state index is 0.293. The molecular formula is C41H38N2. The molecule has 0 saturated carbocycles. The number of anilines is 5. The van der Waals surface area contributed by atoms with Crippen LogP contribution in [0.2, 0.25) is 0 Å². The standard InChI is InChI=1S/C41H38N2/c1-31-9-21-37(22-10-31)42(36-7-5-4-6-8-36)40-27-17-34(18-28-40)15-16-35-19-29-41(30-20-35)43(38-23-11-32(2)12-24-38)39-25-13-33(3)14-26-39/h4-25,27-30,39H,26H2,1-3H3. The third kappa shape index (κ3) is 6.71. The van der Waals surface area contributed by atoms with Crippen molar-refractivity contribution in [2.75, 3.05) is 9.80 Å². The van der Waals surface area contributed by atoms with Crippen LogP contribution in [-0.4, -0.2) is 6.04 Å². The Balaban J connectivity index is 1.21. The van der Waals surface area contributed by atoms with Gasteiger partial charge in [0.15, 0.2) is 0 Å². The molecule has 5 aromatic rings. The zero-order chi connectivity index (χ0) is 29.6. The monoisotopic (exact) mass is 558 g/mol. The van der Waals surface area contributed by atoms with Gasteiger partial charge in [0.05, 0.1) is 6.04 Å². The molecule has 0 amide bonds. The summed E-state index contributed by atoms with van der Waals surface area (Å²) >= 11 is 0. The van der Waals surface area contributed by atoms with Gasteiger partial charge >= 0.3 is 0 Å². The van der Waals surface area contributed by atoms with Crippen molar-refractivity contribution in [3.63, 3.8) is 0 Å². The molecule has 0 radical (unpaired) electrons. The second kappa shape index (κ2) is 12.8. The molecule has 0 N–H and O–H groups in total. The number of hydrogen-bond acceptors (Lipinski definition) is 2. The Labute approximate surface area is 256 Å².